The van der Waals surface area contributed by atoms with E-state index in [0.717, 1.165) is 37.9 Å². The molecule has 21 heavy (non-hydrogen) atoms. The molecule has 0 saturated heterocycles. The largest absolute Gasteiger partial charge is 0.351 e. The van der Waals surface area contributed by atoms with Crippen LogP contribution >= 0.6 is 0 Å². The zero-order chi connectivity index (χ0) is 15.2. The van der Waals surface area contributed by atoms with Gasteiger partial charge in [-0.05, 0) is 32.3 Å². The van der Waals surface area contributed by atoms with Gasteiger partial charge >= 0.3 is 0 Å². The molecule has 116 valence electrons. The van der Waals surface area contributed by atoms with E-state index in [2.05, 4.69) is 22.2 Å². The number of hydrogen-bond donors (Lipinski definition) is 1. The van der Waals surface area contributed by atoms with Gasteiger partial charge in [0.25, 0.3) is 5.91 Å². The van der Waals surface area contributed by atoms with Crippen LogP contribution in [0.3, 0.4) is 0 Å². The molecule has 0 aliphatic heterocycles. The van der Waals surface area contributed by atoms with E-state index in [1.807, 2.05) is 14.0 Å². The number of aromatic nitrogens is 2. The maximum Gasteiger partial charge on any atom is 0.272 e. The normalized spacial score (nSPS) is 15.2. The summed E-state index contributed by atoms with van der Waals surface area (Å²) in [7, 11) is 1.83. The number of hydrogen-bond acceptors (Lipinski definition) is 4. The second-order valence-corrected chi connectivity index (χ2v) is 5.92. The molecule has 1 fully saturated rings. The van der Waals surface area contributed by atoms with Gasteiger partial charge in [-0.3, -0.25) is 4.79 Å². The predicted molar refractivity (Wildman–Crippen MR) is 84.5 cm³/mol. The van der Waals surface area contributed by atoms with Crippen molar-refractivity contribution in [1.82, 2.24) is 14.9 Å². The molecule has 1 aliphatic rings. The highest BCUT2D eigenvalue weighted by atomic mass is 16.2. The molecule has 1 heterocycles. The molecule has 5 nitrogen and oxygen atoms in total. The molecule has 1 saturated carbocycles. The van der Waals surface area contributed by atoms with Crippen LogP contribution in [0, 0.1) is 6.92 Å². The van der Waals surface area contributed by atoms with Crippen molar-refractivity contribution in [2.24, 2.45) is 0 Å². The molecule has 5 heteroatoms. The summed E-state index contributed by atoms with van der Waals surface area (Å²) in [5.74, 6) is 0.567. The van der Waals surface area contributed by atoms with Gasteiger partial charge in [0.1, 0.15) is 5.69 Å². The molecule has 0 bridgehead atoms. The van der Waals surface area contributed by atoms with Crippen LogP contribution < -0.4 is 5.32 Å². The minimum absolute atomic E-state index is 0.0246. The topological polar surface area (TPSA) is 58.1 Å². The SMILES string of the molecule is CCCCN(C)C(=O)c1cc(C)nc(NC2CCCC2)n1. The Kier molecular flexibility index (Phi) is 5.53. The quantitative estimate of drug-likeness (QED) is 0.875. The maximum absolute atomic E-state index is 12.4. The predicted octanol–water partition coefficient (Wildman–Crippen LogP) is 3.01. The summed E-state index contributed by atoms with van der Waals surface area (Å²) in [5.41, 5.74) is 1.32. The minimum atomic E-state index is -0.0246. The lowest BCUT2D eigenvalue weighted by Crippen LogP contribution is -2.29. The van der Waals surface area contributed by atoms with Crippen molar-refractivity contribution in [3.05, 3.63) is 17.5 Å². The summed E-state index contributed by atoms with van der Waals surface area (Å²) >= 11 is 0. The average molecular weight is 290 g/mol. The number of rotatable bonds is 6. The van der Waals surface area contributed by atoms with Gasteiger partial charge in [0.2, 0.25) is 5.95 Å². The molecule has 0 aromatic carbocycles. The van der Waals surface area contributed by atoms with Crippen LogP contribution in [0.1, 0.15) is 61.6 Å². The zero-order valence-corrected chi connectivity index (χ0v) is 13.4. The summed E-state index contributed by atoms with van der Waals surface area (Å²) in [5, 5.41) is 3.37. The Balaban J connectivity index is 2.08. The van der Waals surface area contributed by atoms with E-state index in [4.69, 9.17) is 0 Å². The van der Waals surface area contributed by atoms with Crippen molar-refractivity contribution in [1.29, 1.82) is 0 Å². The van der Waals surface area contributed by atoms with Crippen LogP contribution in [-0.2, 0) is 0 Å². The summed E-state index contributed by atoms with van der Waals surface area (Å²) in [4.78, 5) is 23.0. The van der Waals surface area contributed by atoms with Crippen molar-refractivity contribution in [3.8, 4) is 0 Å². The van der Waals surface area contributed by atoms with Gasteiger partial charge in [-0.2, -0.15) is 0 Å². The van der Waals surface area contributed by atoms with Gasteiger partial charge in [0, 0.05) is 25.3 Å². The number of aryl methyl sites for hydroxylation is 1. The lowest BCUT2D eigenvalue weighted by molar-refractivity contribution is 0.0787. The first-order chi connectivity index (χ1) is 10.1. The van der Waals surface area contributed by atoms with Crippen molar-refractivity contribution in [3.63, 3.8) is 0 Å². The van der Waals surface area contributed by atoms with E-state index in [1.54, 1.807) is 11.0 Å². The zero-order valence-electron chi connectivity index (χ0n) is 13.4. The molecule has 1 amide bonds. The molecule has 1 aromatic rings. The molecule has 2 rings (SSSR count). The highest BCUT2D eigenvalue weighted by Crippen LogP contribution is 2.21. The summed E-state index contributed by atoms with van der Waals surface area (Å²) < 4.78 is 0. The number of nitrogens with one attached hydrogen (secondary N) is 1. The number of amides is 1. The molecule has 0 radical (unpaired) electrons. The second-order valence-electron chi connectivity index (χ2n) is 5.92. The van der Waals surface area contributed by atoms with Crippen LogP contribution in [0.4, 0.5) is 5.95 Å². The fourth-order valence-corrected chi connectivity index (χ4v) is 2.69. The number of carbonyl (C=O) groups excluding carboxylic acids is 1. The number of anilines is 1. The van der Waals surface area contributed by atoms with E-state index in [0.29, 0.717) is 17.7 Å². The van der Waals surface area contributed by atoms with E-state index in [9.17, 15) is 4.79 Å². The van der Waals surface area contributed by atoms with Crippen LogP contribution in [0.2, 0.25) is 0 Å². The van der Waals surface area contributed by atoms with Crippen molar-refractivity contribution < 1.29 is 4.79 Å². The number of nitrogens with zero attached hydrogens (tertiary/aromatic N) is 3. The molecule has 1 aliphatic carbocycles. The molecule has 1 N–H and O–H groups in total. The lowest BCUT2D eigenvalue weighted by Gasteiger charge is -2.17. The van der Waals surface area contributed by atoms with E-state index in [-0.39, 0.29) is 5.91 Å². The maximum atomic E-state index is 12.4. The smallest absolute Gasteiger partial charge is 0.272 e. The fraction of sp³-hybridized carbons (Fsp3) is 0.688. The summed E-state index contributed by atoms with van der Waals surface area (Å²) in [6.07, 6.45) is 6.94. The number of carbonyl (C=O) groups is 1. The van der Waals surface area contributed by atoms with Gasteiger partial charge in [-0.15, -0.1) is 0 Å². The van der Waals surface area contributed by atoms with Crippen LogP contribution in [0.15, 0.2) is 6.07 Å². The van der Waals surface area contributed by atoms with Crippen LogP contribution in [-0.4, -0.2) is 40.4 Å². The van der Waals surface area contributed by atoms with Crippen molar-refractivity contribution in [2.75, 3.05) is 18.9 Å². The lowest BCUT2D eigenvalue weighted by atomic mass is 10.2. The van der Waals surface area contributed by atoms with Crippen molar-refractivity contribution >= 4 is 11.9 Å². The van der Waals surface area contributed by atoms with Gasteiger partial charge in [-0.25, -0.2) is 9.97 Å². The Morgan fingerprint density at radius 2 is 2.10 bits per heavy atom. The van der Waals surface area contributed by atoms with Gasteiger partial charge < -0.3 is 10.2 Å². The Morgan fingerprint density at radius 1 is 1.38 bits per heavy atom. The molecule has 0 spiro atoms. The average Bonchev–Trinajstić information content (AvgIpc) is 2.96. The van der Waals surface area contributed by atoms with E-state index < -0.39 is 0 Å². The Morgan fingerprint density at radius 3 is 2.76 bits per heavy atom. The summed E-state index contributed by atoms with van der Waals surface area (Å²) in [6.45, 7) is 4.80. The molecule has 0 atom stereocenters. The van der Waals surface area contributed by atoms with E-state index >= 15 is 0 Å². The third-order valence-electron chi connectivity index (χ3n) is 3.96. The van der Waals surface area contributed by atoms with Gasteiger partial charge in [0.05, 0.1) is 0 Å². The first-order valence-electron chi connectivity index (χ1n) is 7.98. The summed E-state index contributed by atoms with van der Waals surface area (Å²) in [6, 6.07) is 2.22. The molecular weight excluding hydrogens is 264 g/mol. The highest BCUT2D eigenvalue weighted by molar-refractivity contribution is 5.92. The van der Waals surface area contributed by atoms with Gasteiger partial charge in [-0.1, -0.05) is 26.2 Å². The monoisotopic (exact) mass is 290 g/mol. The first kappa shape index (κ1) is 15.7. The Hall–Kier alpha value is -1.65. The van der Waals surface area contributed by atoms with Crippen molar-refractivity contribution in [2.45, 2.75) is 58.4 Å². The Labute approximate surface area is 127 Å². The third kappa shape index (κ3) is 4.41. The van der Waals surface area contributed by atoms with E-state index in [1.165, 1.54) is 12.8 Å². The fourth-order valence-electron chi connectivity index (χ4n) is 2.69. The third-order valence-corrected chi connectivity index (χ3v) is 3.96. The standard InChI is InChI=1S/C16H26N4O/c1-4-5-10-20(3)15(21)14-11-12(2)17-16(19-14)18-13-8-6-7-9-13/h11,13H,4-10H2,1-3H3,(H,17,18,19). The second kappa shape index (κ2) is 7.38. The molecular formula is C16H26N4O. The molecule has 0 unspecified atom stereocenters. The Bertz CT molecular complexity index is 483. The van der Waals surface area contributed by atoms with Crippen LogP contribution in [0.5, 0.6) is 0 Å². The minimum Gasteiger partial charge on any atom is -0.351 e. The highest BCUT2D eigenvalue weighted by Gasteiger charge is 2.18. The van der Waals surface area contributed by atoms with Crippen LogP contribution in [0.25, 0.3) is 0 Å². The first-order valence-corrected chi connectivity index (χ1v) is 7.98. The van der Waals surface area contributed by atoms with Gasteiger partial charge in [0.15, 0.2) is 0 Å². The number of unbranched alkanes of at least 4 members (excludes halogenated alkanes) is 1. The molecule has 1 aromatic heterocycles.